The van der Waals surface area contributed by atoms with Crippen LogP contribution in [0.25, 0.3) is 0 Å². The zero-order chi connectivity index (χ0) is 12.1. The molecule has 0 aromatic heterocycles. The van der Waals surface area contributed by atoms with E-state index in [1.165, 1.54) is 58.3 Å². The van der Waals surface area contributed by atoms with Crippen LogP contribution in [0.4, 0.5) is 0 Å². The molecule has 2 atom stereocenters. The van der Waals surface area contributed by atoms with Crippen molar-refractivity contribution in [2.45, 2.75) is 62.5 Å². The second-order valence-electron chi connectivity index (χ2n) is 5.81. The van der Waals surface area contributed by atoms with Crippen LogP contribution < -0.4 is 5.32 Å². The van der Waals surface area contributed by atoms with Crippen molar-refractivity contribution < 1.29 is 0 Å². The first-order valence-corrected chi connectivity index (χ1v) is 8.29. The van der Waals surface area contributed by atoms with E-state index in [0.29, 0.717) is 0 Å². The Labute approximate surface area is 111 Å². The number of unbranched alkanes of at least 4 members (excludes halogenated alkanes) is 2. The van der Waals surface area contributed by atoms with Crippen molar-refractivity contribution in [2.24, 2.45) is 0 Å². The van der Waals surface area contributed by atoms with Gasteiger partial charge < -0.3 is 10.2 Å². The highest BCUT2D eigenvalue weighted by molar-refractivity contribution is 8.00. The monoisotopic (exact) mass is 256 g/mol. The average Bonchev–Trinajstić information content (AvgIpc) is 3.05. The Kier molecular flexibility index (Phi) is 5.64. The van der Waals surface area contributed by atoms with Crippen molar-refractivity contribution in [3.8, 4) is 0 Å². The molecule has 0 amide bonds. The van der Waals surface area contributed by atoms with Crippen LogP contribution in [0.2, 0.25) is 0 Å². The van der Waals surface area contributed by atoms with Crippen molar-refractivity contribution in [1.29, 1.82) is 0 Å². The minimum absolute atomic E-state index is 0.829. The van der Waals surface area contributed by atoms with Crippen LogP contribution in [0.1, 0.15) is 46.0 Å². The SMILES string of the molecule is CC1CN(CCCCCNC2CC2)CC(C)S1. The summed E-state index contributed by atoms with van der Waals surface area (Å²) in [6.45, 7) is 9.90. The van der Waals surface area contributed by atoms with Gasteiger partial charge in [-0.15, -0.1) is 0 Å². The standard InChI is InChI=1S/C14H28N2S/c1-12-10-16(11-13(2)17-12)9-5-3-4-8-15-14-6-7-14/h12-15H,3-11H2,1-2H3. The maximum atomic E-state index is 3.59. The molecule has 1 aliphatic carbocycles. The summed E-state index contributed by atoms with van der Waals surface area (Å²) in [6, 6.07) is 0.885. The molecule has 1 N–H and O–H groups in total. The van der Waals surface area contributed by atoms with Crippen LogP contribution in [0.5, 0.6) is 0 Å². The fraction of sp³-hybridized carbons (Fsp3) is 1.00. The summed E-state index contributed by atoms with van der Waals surface area (Å²) in [4.78, 5) is 2.67. The summed E-state index contributed by atoms with van der Waals surface area (Å²) < 4.78 is 0. The molecule has 0 aromatic rings. The fourth-order valence-electron chi connectivity index (χ4n) is 2.70. The van der Waals surface area contributed by atoms with Crippen LogP contribution in [-0.4, -0.2) is 47.6 Å². The zero-order valence-electron chi connectivity index (χ0n) is 11.5. The van der Waals surface area contributed by atoms with Gasteiger partial charge in [-0.3, -0.25) is 0 Å². The van der Waals surface area contributed by atoms with E-state index < -0.39 is 0 Å². The summed E-state index contributed by atoms with van der Waals surface area (Å²) in [5.74, 6) is 0. The highest BCUT2D eigenvalue weighted by Gasteiger charge is 2.21. The van der Waals surface area contributed by atoms with Crippen molar-refractivity contribution in [3.63, 3.8) is 0 Å². The van der Waals surface area contributed by atoms with Crippen molar-refractivity contribution in [1.82, 2.24) is 10.2 Å². The molecule has 17 heavy (non-hydrogen) atoms. The van der Waals surface area contributed by atoms with E-state index in [0.717, 1.165) is 16.5 Å². The van der Waals surface area contributed by atoms with Gasteiger partial charge in [0.2, 0.25) is 0 Å². The Morgan fingerprint density at radius 3 is 2.41 bits per heavy atom. The van der Waals surface area contributed by atoms with E-state index >= 15 is 0 Å². The third-order valence-corrected chi connectivity index (χ3v) is 4.88. The zero-order valence-corrected chi connectivity index (χ0v) is 12.3. The van der Waals surface area contributed by atoms with Crippen molar-refractivity contribution in [2.75, 3.05) is 26.2 Å². The Morgan fingerprint density at radius 2 is 1.76 bits per heavy atom. The van der Waals surface area contributed by atoms with E-state index in [1.54, 1.807) is 0 Å². The quantitative estimate of drug-likeness (QED) is 0.705. The molecule has 0 aromatic carbocycles. The Morgan fingerprint density at radius 1 is 1.06 bits per heavy atom. The maximum Gasteiger partial charge on any atom is 0.0149 e. The first-order chi connectivity index (χ1) is 8.24. The number of nitrogens with one attached hydrogen (secondary N) is 1. The van der Waals surface area contributed by atoms with Gasteiger partial charge in [-0.25, -0.2) is 0 Å². The molecule has 2 fully saturated rings. The number of rotatable bonds is 7. The molecule has 1 aliphatic heterocycles. The Balaban J connectivity index is 1.46. The minimum Gasteiger partial charge on any atom is -0.314 e. The molecule has 2 aliphatic rings. The lowest BCUT2D eigenvalue weighted by Gasteiger charge is -2.34. The normalized spacial score (nSPS) is 30.7. The van der Waals surface area contributed by atoms with Crippen LogP contribution in [0.15, 0.2) is 0 Å². The number of hydrogen-bond donors (Lipinski definition) is 1. The second kappa shape index (κ2) is 7.01. The van der Waals surface area contributed by atoms with Gasteiger partial charge in [0.15, 0.2) is 0 Å². The molecular weight excluding hydrogens is 228 g/mol. The summed E-state index contributed by atoms with van der Waals surface area (Å²) in [7, 11) is 0. The van der Waals surface area contributed by atoms with E-state index in [1.807, 2.05) is 0 Å². The highest BCUT2D eigenvalue weighted by Crippen LogP contribution is 2.24. The minimum atomic E-state index is 0.829. The molecule has 2 unspecified atom stereocenters. The van der Waals surface area contributed by atoms with E-state index in [2.05, 4.69) is 35.8 Å². The topological polar surface area (TPSA) is 15.3 Å². The van der Waals surface area contributed by atoms with Gasteiger partial charge in [-0.2, -0.15) is 11.8 Å². The lowest BCUT2D eigenvalue weighted by atomic mass is 10.2. The molecule has 1 saturated carbocycles. The molecule has 1 saturated heterocycles. The van der Waals surface area contributed by atoms with Gasteiger partial charge in [-0.1, -0.05) is 20.3 Å². The third kappa shape index (κ3) is 5.62. The Hall–Kier alpha value is 0.270. The predicted octanol–water partition coefficient (Wildman–Crippen LogP) is 2.73. The molecule has 100 valence electrons. The molecule has 2 nitrogen and oxygen atoms in total. The summed E-state index contributed by atoms with van der Waals surface area (Å²) in [5, 5.41) is 5.25. The van der Waals surface area contributed by atoms with Gasteiger partial charge in [0.1, 0.15) is 0 Å². The second-order valence-corrected chi connectivity index (χ2v) is 7.69. The van der Waals surface area contributed by atoms with Crippen LogP contribution in [-0.2, 0) is 0 Å². The van der Waals surface area contributed by atoms with Crippen molar-refractivity contribution >= 4 is 11.8 Å². The Bertz CT molecular complexity index is 208. The number of hydrogen-bond acceptors (Lipinski definition) is 3. The lowest BCUT2D eigenvalue weighted by Crippen LogP contribution is -2.40. The molecule has 0 spiro atoms. The summed E-state index contributed by atoms with van der Waals surface area (Å²) in [5.41, 5.74) is 0. The third-order valence-electron chi connectivity index (χ3n) is 3.66. The van der Waals surface area contributed by atoms with E-state index in [4.69, 9.17) is 0 Å². The molecule has 2 rings (SSSR count). The van der Waals surface area contributed by atoms with Crippen LogP contribution >= 0.6 is 11.8 Å². The first-order valence-electron chi connectivity index (χ1n) is 7.35. The van der Waals surface area contributed by atoms with Gasteiger partial charge in [0.25, 0.3) is 0 Å². The first kappa shape index (κ1) is 13.7. The maximum absolute atomic E-state index is 3.59. The van der Waals surface area contributed by atoms with E-state index in [9.17, 15) is 0 Å². The van der Waals surface area contributed by atoms with Gasteiger partial charge in [0.05, 0.1) is 0 Å². The van der Waals surface area contributed by atoms with Gasteiger partial charge >= 0.3 is 0 Å². The van der Waals surface area contributed by atoms with Crippen molar-refractivity contribution in [3.05, 3.63) is 0 Å². The molecule has 1 heterocycles. The van der Waals surface area contributed by atoms with Crippen LogP contribution in [0, 0.1) is 0 Å². The summed E-state index contributed by atoms with van der Waals surface area (Å²) in [6.07, 6.45) is 6.98. The van der Waals surface area contributed by atoms with Crippen LogP contribution in [0.3, 0.4) is 0 Å². The summed E-state index contributed by atoms with van der Waals surface area (Å²) >= 11 is 2.15. The van der Waals surface area contributed by atoms with E-state index in [-0.39, 0.29) is 0 Å². The van der Waals surface area contributed by atoms with Gasteiger partial charge in [0, 0.05) is 29.6 Å². The fourth-order valence-corrected chi connectivity index (χ4v) is 4.08. The number of nitrogens with zero attached hydrogens (tertiary/aromatic N) is 1. The number of thioether (sulfide) groups is 1. The smallest absolute Gasteiger partial charge is 0.0149 e. The lowest BCUT2D eigenvalue weighted by molar-refractivity contribution is 0.264. The molecule has 3 heteroatoms. The molecule has 0 radical (unpaired) electrons. The average molecular weight is 256 g/mol. The largest absolute Gasteiger partial charge is 0.314 e. The van der Waals surface area contributed by atoms with Gasteiger partial charge in [-0.05, 0) is 38.8 Å². The highest BCUT2D eigenvalue weighted by atomic mass is 32.2. The predicted molar refractivity (Wildman–Crippen MR) is 77.8 cm³/mol. The molecule has 0 bridgehead atoms. The molecular formula is C14H28N2S.